The zero-order chi connectivity index (χ0) is 24.4. The van der Waals surface area contributed by atoms with Gasteiger partial charge in [0.05, 0.1) is 0 Å². The maximum Gasteiger partial charge on any atom is 0.243 e. The number of rotatable bonds is 11. The van der Waals surface area contributed by atoms with Crippen molar-refractivity contribution in [3.8, 4) is 0 Å². The van der Waals surface area contributed by atoms with Crippen LogP contribution in [-0.4, -0.2) is 35.3 Å². The third-order valence-electron chi connectivity index (χ3n) is 6.32. The van der Waals surface area contributed by atoms with Crippen LogP contribution in [0.1, 0.15) is 77.5 Å². The summed E-state index contributed by atoms with van der Waals surface area (Å²) in [5, 5.41) is 3.08. The van der Waals surface area contributed by atoms with Crippen LogP contribution in [0.15, 0.2) is 54.6 Å². The van der Waals surface area contributed by atoms with Crippen molar-refractivity contribution in [1.29, 1.82) is 0 Å². The minimum atomic E-state index is -0.446. The molecule has 0 saturated heterocycles. The first-order valence-electron chi connectivity index (χ1n) is 12.4. The topological polar surface area (TPSA) is 49.4 Å². The van der Waals surface area contributed by atoms with E-state index in [4.69, 9.17) is 0 Å². The fourth-order valence-corrected chi connectivity index (χ4v) is 3.90. The molecule has 1 N–H and O–H groups in total. The number of aryl methyl sites for hydroxylation is 1. The van der Waals surface area contributed by atoms with Crippen LogP contribution in [-0.2, 0) is 27.8 Å². The van der Waals surface area contributed by atoms with E-state index in [1.807, 2.05) is 32.0 Å². The van der Waals surface area contributed by atoms with Gasteiger partial charge in [0.25, 0.3) is 0 Å². The summed E-state index contributed by atoms with van der Waals surface area (Å²) in [6.07, 6.45) is 3.28. The van der Waals surface area contributed by atoms with Crippen molar-refractivity contribution in [3.05, 3.63) is 71.3 Å². The number of hydrogen-bond acceptors (Lipinski definition) is 2. The van der Waals surface area contributed by atoms with Gasteiger partial charge in [0, 0.05) is 19.0 Å². The molecule has 0 spiro atoms. The number of benzene rings is 2. The molecule has 2 amide bonds. The summed E-state index contributed by atoms with van der Waals surface area (Å²) < 4.78 is 0. The average Bonchev–Trinajstić information content (AvgIpc) is 2.80. The van der Waals surface area contributed by atoms with Crippen LogP contribution in [0.4, 0.5) is 0 Å². The van der Waals surface area contributed by atoms with Crippen LogP contribution >= 0.6 is 0 Å². The second-order valence-corrected chi connectivity index (χ2v) is 10.0. The van der Waals surface area contributed by atoms with Gasteiger partial charge in [-0.05, 0) is 54.7 Å². The van der Waals surface area contributed by atoms with E-state index < -0.39 is 6.04 Å². The lowest BCUT2D eigenvalue weighted by Crippen LogP contribution is -2.51. The van der Waals surface area contributed by atoms with E-state index in [9.17, 15) is 9.59 Å². The number of carbonyl (C=O) groups excluding carboxylic acids is 2. The van der Waals surface area contributed by atoms with E-state index >= 15 is 0 Å². The van der Waals surface area contributed by atoms with Crippen molar-refractivity contribution in [1.82, 2.24) is 10.2 Å². The molecule has 0 aliphatic heterocycles. The lowest BCUT2D eigenvalue weighted by Gasteiger charge is -2.31. The summed E-state index contributed by atoms with van der Waals surface area (Å²) >= 11 is 0. The summed E-state index contributed by atoms with van der Waals surface area (Å²) in [5.41, 5.74) is 3.72. The SMILES string of the molecule is CC[C@@H](C)NC(=O)[C@@H](CC)N(CCc1ccccc1)C(=O)CCc1ccc(C(C)(C)C)cc1. The number of nitrogens with one attached hydrogen (secondary N) is 1. The van der Waals surface area contributed by atoms with Crippen LogP contribution in [0.25, 0.3) is 0 Å². The van der Waals surface area contributed by atoms with Gasteiger partial charge in [-0.15, -0.1) is 0 Å². The molecule has 2 atom stereocenters. The second-order valence-electron chi connectivity index (χ2n) is 10.0. The maximum absolute atomic E-state index is 13.4. The Labute approximate surface area is 200 Å². The van der Waals surface area contributed by atoms with Crippen molar-refractivity contribution in [2.24, 2.45) is 0 Å². The summed E-state index contributed by atoms with van der Waals surface area (Å²) in [6, 6.07) is 18.3. The highest BCUT2D eigenvalue weighted by Gasteiger charge is 2.28. The fraction of sp³-hybridized carbons (Fsp3) is 0.517. The Morgan fingerprint density at radius 1 is 0.879 bits per heavy atom. The Morgan fingerprint density at radius 2 is 1.48 bits per heavy atom. The highest BCUT2D eigenvalue weighted by molar-refractivity contribution is 5.88. The maximum atomic E-state index is 13.4. The normalized spacial score (nSPS) is 13.3. The van der Waals surface area contributed by atoms with Gasteiger partial charge in [-0.25, -0.2) is 0 Å². The predicted octanol–water partition coefficient (Wildman–Crippen LogP) is 5.68. The first kappa shape index (κ1) is 26.6. The molecule has 0 radical (unpaired) electrons. The van der Waals surface area contributed by atoms with E-state index in [0.717, 1.165) is 18.4 Å². The smallest absolute Gasteiger partial charge is 0.243 e. The Kier molecular flexibility index (Phi) is 10.1. The molecule has 0 aromatic heterocycles. The van der Waals surface area contributed by atoms with Crippen LogP contribution in [0.5, 0.6) is 0 Å². The van der Waals surface area contributed by atoms with Crippen molar-refractivity contribution >= 4 is 11.8 Å². The van der Waals surface area contributed by atoms with E-state index in [-0.39, 0.29) is 23.3 Å². The van der Waals surface area contributed by atoms with E-state index in [1.165, 1.54) is 11.1 Å². The zero-order valence-corrected chi connectivity index (χ0v) is 21.4. The van der Waals surface area contributed by atoms with Crippen molar-refractivity contribution in [2.45, 2.75) is 91.1 Å². The molecule has 2 rings (SSSR count). The van der Waals surface area contributed by atoms with Gasteiger partial charge in [-0.3, -0.25) is 9.59 Å². The lowest BCUT2D eigenvalue weighted by atomic mass is 9.86. The fourth-order valence-electron chi connectivity index (χ4n) is 3.90. The van der Waals surface area contributed by atoms with Crippen LogP contribution < -0.4 is 5.32 Å². The van der Waals surface area contributed by atoms with Gasteiger partial charge in [-0.1, -0.05) is 89.2 Å². The predicted molar refractivity (Wildman–Crippen MR) is 137 cm³/mol. The van der Waals surface area contributed by atoms with Crippen molar-refractivity contribution in [3.63, 3.8) is 0 Å². The first-order chi connectivity index (χ1) is 15.7. The minimum Gasteiger partial charge on any atom is -0.352 e. The molecular weight excluding hydrogens is 408 g/mol. The number of carbonyl (C=O) groups is 2. The lowest BCUT2D eigenvalue weighted by molar-refractivity contribution is -0.141. The summed E-state index contributed by atoms with van der Waals surface area (Å²) in [4.78, 5) is 28.2. The molecule has 2 aromatic rings. The van der Waals surface area contributed by atoms with Crippen molar-refractivity contribution in [2.75, 3.05) is 6.54 Å². The van der Waals surface area contributed by atoms with Crippen LogP contribution in [0.3, 0.4) is 0 Å². The Morgan fingerprint density at radius 3 is 2.03 bits per heavy atom. The molecule has 2 aromatic carbocycles. The van der Waals surface area contributed by atoms with Crippen LogP contribution in [0.2, 0.25) is 0 Å². The molecule has 4 nitrogen and oxygen atoms in total. The summed E-state index contributed by atoms with van der Waals surface area (Å²) in [5.74, 6) is -0.0141. The molecular formula is C29H42N2O2. The van der Waals surface area contributed by atoms with Gasteiger partial charge in [-0.2, -0.15) is 0 Å². The highest BCUT2D eigenvalue weighted by Crippen LogP contribution is 2.22. The molecule has 0 bridgehead atoms. The minimum absolute atomic E-state index is 0.0389. The van der Waals surface area contributed by atoms with E-state index in [2.05, 4.69) is 69.4 Å². The molecule has 33 heavy (non-hydrogen) atoms. The van der Waals surface area contributed by atoms with Crippen molar-refractivity contribution < 1.29 is 9.59 Å². The summed E-state index contributed by atoms with van der Waals surface area (Å²) in [6.45, 7) is 13.2. The largest absolute Gasteiger partial charge is 0.352 e. The Hall–Kier alpha value is -2.62. The standard InChI is InChI=1S/C29H42N2O2/c1-7-22(3)30-28(33)26(8-2)31(21-20-23-12-10-9-11-13-23)27(32)19-16-24-14-17-25(18-15-24)29(4,5)6/h9-15,17-18,22,26H,7-8,16,19-21H2,1-6H3,(H,30,33)/t22-,26-/m1/s1. The third-order valence-corrected chi connectivity index (χ3v) is 6.32. The molecule has 0 saturated carbocycles. The van der Waals surface area contributed by atoms with Gasteiger partial charge in [0.1, 0.15) is 6.04 Å². The summed E-state index contributed by atoms with van der Waals surface area (Å²) in [7, 11) is 0. The zero-order valence-electron chi connectivity index (χ0n) is 21.4. The highest BCUT2D eigenvalue weighted by atomic mass is 16.2. The number of nitrogens with zero attached hydrogens (tertiary/aromatic N) is 1. The molecule has 0 aliphatic carbocycles. The molecule has 0 heterocycles. The Bertz CT molecular complexity index is 869. The molecule has 0 aliphatic rings. The van der Waals surface area contributed by atoms with Gasteiger partial charge < -0.3 is 10.2 Å². The van der Waals surface area contributed by atoms with Crippen LogP contribution in [0, 0.1) is 0 Å². The molecule has 180 valence electrons. The van der Waals surface area contributed by atoms with Gasteiger partial charge in [0.2, 0.25) is 11.8 Å². The number of hydrogen-bond donors (Lipinski definition) is 1. The second kappa shape index (κ2) is 12.6. The molecule has 4 heteroatoms. The Balaban J connectivity index is 2.12. The third kappa shape index (κ3) is 8.34. The van der Waals surface area contributed by atoms with Gasteiger partial charge in [0.15, 0.2) is 0 Å². The molecule has 0 fully saturated rings. The number of amides is 2. The van der Waals surface area contributed by atoms with E-state index in [0.29, 0.717) is 25.8 Å². The van der Waals surface area contributed by atoms with E-state index in [1.54, 1.807) is 4.90 Å². The molecule has 0 unspecified atom stereocenters. The quantitative estimate of drug-likeness (QED) is 0.479. The van der Waals surface area contributed by atoms with Gasteiger partial charge >= 0.3 is 0 Å². The average molecular weight is 451 g/mol. The first-order valence-corrected chi connectivity index (χ1v) is 12.4. The monoisotopic (exact) mass is 450 g/mol.